The zero-order valence-corrected chi connectivity index (χ0v) is 16.5. The summed E-state index contributed by atoms with van der Waals surface area (Å²) in [6.45, 7) is 7.38. The Labute approximate surface area is 165 Å². The zero-order chi connectivity index (χ0) is 19.9. The van der Waals surface area contributed by atoms with Gasteiger partial charge in [-0.1, -0.05) is 19.1 Å². The van der Waals surface area contributed by atoms with Crippen LogP contribution in [0.5, 0.6) is 11.5 Å². The molecule has 8 heteroatoms. The third kappa shape index (κ3) is 5.02. The van der Waals surface area contributed by atoms with Gasteiger partial charge in [0.25, 0.3) is 5.91 Å². The van der Waals surface area contributed by atoms with Crippen LogP contribution in [-0.4, -0.2) is 65.6 Å². The molecule has 152 valence electrons. The Morgan fingerprint density at radius 2 is 1.96 bits per heavy atom. The third-order valence-electron chi connectivity index (χ3n) is 4.84. The molecule has 0 spiro atoms. The SMILES string of the molecule is CCCNC(=O)c1coc(CN2CCN(Cc3cccc(OC)c3O)CC2)n1. The van der Waals surface area contributed by atoms with E-state index in [1.165, 1.54) is 6.26 Å². The van der Waals surface area contributed by atoms with E-state index in [4.69, 9.17) is 9.15 Å². The largest absolute Gasteiger partial charge is 0.504 e. The maximum Gasteiger partial charge on any atom is 0.273 e. The first-order chi connectivity index (χ1) is 13.6. The van der Waals surface area contributed by atoms with Gasteiger partial charge >= 0.3 is 0 Å². The Hall–Kier alpha value is -2.58. The first-order valence-electron chi connectivity index (χ1n) is 9.62. The summed E-state index contributed by atoms with van der Waals surface area (Å²) in [6, 6.07) is 5.56. The van der Waals surface area contributed by atoms with Gasteiger partial charge in [0.1, 0.15) is 6.26 Å². The molecule has 1 aromatic heterocycles. The number of aromatic hydroxyl groups is 1. The smallest absolute Gasteiger partial charge is 0.273 e. The van der Waals surface area contributed by atoms with Gasteiger partial charge in [-0.3, -0.25) is 14.6 Å². The van der Waals surface area contributed by atoms with Crippen molar-refractivity contribution < 1.29 is 19.1 Å². The molecule has 0 bridgehead atoms. The molecule has 0 unspecified atom stereocenters. The Morgan fingerprint density at radius 1 is 1.25 bits per heavy atom. The Bertz CT molecular complexity index is 784. The summed E-state index contributed by atoms with van der Waals surface area (Å²) >= 11 is 0. The molecule has 2 N–H and O–H groups in total. The van der Waals surface area contributed by atoms with Crippen molar-refractivity contribution in [1.29, 1.82) is 0 Å². The van der Waals surface area contributed by atoms with E-state index in [9.17, 15) is 9.90 Å². The number of carbonyl (C=O) groups excluding carboxylic acids is 1. The number of phenols is 1. The van der Waals surface area contributed by atoms with Gasteiger partial charge in [0.2, 0.25) is 5.89 Å². The number of phenolic OH excluding ortho intramolecular Hbond substituents is 1. The first kappa shape index (κ1) is 20.2. The molecule has 1 aliphatic heterocycles. The molecule has 0 radical (unpaired) electrons. The summed E-state index contributed by atoms with van der Waals surface area (Å²) in [6.07, 6.45) is 2.30. The fourth-order valence-electron chi connectivity index (χ4n) is 3.21. The monoisotopic (exact) mass is 388 g/mol. The van der Waals surface area contributed by atoms with Crippen LogP contribution in [0.25, 0.3) is 0 Å². The van der Waals surface area contributed by atoms with E-state index in [0.717, 1.165) is 38.2 Å². The van der Waals surface area contributed by atoms with Crippen molar-refractivity contribution >= 4 is 5.91 Å². The van der Waals surface area contributed by atoms with E-state index in [0.29, 0.717) is 37.0 Å². The standard InChI is InChI=1S/C20H28N4O4/c1-3-7-21-20(26)16-14-28-18(22-16)13-24-10-8-23(9-11-24)12-15-5-4-6-17(27-2)19(15)25/h4-6,14,25H,3,7-13H2,1-2H3,(H,21,26). The van der Waals surface area contributed by atoms with Gasteiger partial charge in [0.15, 0.2) is 17.2 Å². The zero-order valence-electron chi connectivity index (χ0n) is 16.5. The highest BCUT2D eigenvalue weighted by Gasteiger charge is 2.21. The average Bonchev–Trinajstić information content (AvgIpc) is 3.18. The highest BCUT2D eigenvalue weighted by atomic mass is 16.5. The number of para-hydroxylation sites is 1. The van der Waals surface area contributed by atoms with Crippen molar-refractivity contribution in [3.63, 3.8) is 0 Å². The molecule has 1 aromatic carbocycles. The number of amides is 1. The Morgan fingerprint density at radius 3 is 2.64 bits per heavy atom. The number of ether oxygens (including phenoxy) is 1. The summed E-state index contributed by atoms with van der Waals surface area (Å²) < 4.78 is 10.6. The van der Waals surface area contributed by atoms with Crippen LogP contribution in [-0.2, 0) is 13.1 Å². The predicted molar refractivity (Wildman–Crippen MR) is 104 cm³/mol. The molecule has 0 atom stereocenters. The maximum absolute atomic E-state index is 11.9. The minimum Gasteiger partial charge on any atom is -0.504 e. The lowest BCUT2D eigenvalue weighted by Gasteiger charge is -2.34. The second-order valence-electron chi connectivity index (χ2n) is 6.90. The number of rotatable bonds is 8. The van der Waals surface area contributed by atoms with E-state index >= 15 is 0 Å². The molecule has 1 aliphatic rings. The lowest BCUT2D eigenvalue weighted by atomic mass is 10.1. The van der Waals surface area contributed by atoms with Crippen molar-refractivity contribution in [2.75, 3.05) is 39.8 Å². The summed E-state index contributed by atoms with van der Waals surface area (Å²) in [5, 5.41) is 13.0. The van der Waals surface area contributed by atoms with Crippen LogP contribution >= 0.6 is 0 Å². The summed E-state index contributed by atoms with van der Waals surface area (Å²) in [5.74, 6) is 1.07. The Kier molecular flexibility index (Phi) is 6.89. The molecule has 28 heavy (non-hydrogen) atoms. The van der Waals surface area contributed by atoms with Crippen molar-refractivity contribution in [3.8, 4) is 11.5 Å². The number of nitrogens with zero attached hydrogens (tertiary/aromatic N) is 3. The van der Waals surface area contributed by atoms with Crippen molar-refractivity contribution in [2.24, 2.45) is 0 Å². The number of aromatic nitrogens is 1. The number of nitrogens with one attached hydrogen (secondary N) is 1. The summed E-state index contributed by atoms with van der Waals surface area (Å²) in [5.41, 5.74) is 1.19. The first-order valence-corrected chi connectivity index (χ1v) is 9.62. The number of methoxy groups -OCH3 is 1. The summed E-state index contributed by atoms with van der Waals surface area (Å²) in [7, 11) is 1.55. The van der Waals surface area contributed by atoms with Crippen LogP contribution in [0.4, 0.5) is 0 Å². The topological polar surface area (TPSA) is 91.1 Å². The van der Waals surface area contributed by atoms with Crippen LogP contribution < -0.4 is 10.1 Å². The lowest BCUT2D eigenvalue weighted by molar-refractivity contribution is 0.0948. The van der Waals surface area contributed by atoms with Crippen molar-refractivity contribution in [1.82, 2.24) is 20.1 Å². The van der Waals surface area contributed by atoms with Gasteiger partial charge in [-0.15, -0.1) is 0 Å². The highest BCUT2D eigenvalue weighted by Crippen LogP contribution is 2.30. The molecule has 1 fully saturated rings. The second-order valence-corrected chi connectivity index (χ2v) is 6.90. The van der Waals surface area contributed by atoms with E-state index < -0.39 is 0 Å². The molecule has 8 nitrogen and oxygen atoms in total. The van der Waals surface area contributed by atoms with Crippen LogP contribution in [0.3, 0.4) is 0 Å². The maximum atomic E-state index is 11.9. The predicted octanol–water partition coefficient (Wildman–Crippen LogP) is 1.85. The van der Waals surface area contributed by atoms with E-state index in [2.05, 4.69) is 20.1 Å². The van der Waals surface area contributed by atoms with Crippen LogP contribution in [0.15, 0.2) is 28.9 Å². The molecule has 0 saturated carbocycles. The van der Waals surface area contributed by atoms with E-state index in [1.54, 1.807) is 13.2 Å². The second kappa shape index (κ2) is 9.57. The number of oxazole rings is 1. The number of carbonyl (C=O) groups is 1. The molecule has 2 aromatic rings. The summed E-state index contributed by atoms with van der Waals surface area (Å²) in [4.78, 5) is 20.8. The normalized spacial score (nSPS) is 15.5. The van der Waals surface area contributed by atoms with Crippen LogP contribution in [0.2, 0.25) is 0 Å². The Balaban J connectivity index is 1.48. The van der Waals surface area contributed by atoms with Crippen molar-refractivity contribution in [3.05, 3.63) is 41.6 Å². The minimum atomic E-state index is -0.195. The highest BCUT2D eigenvalue weighted by molar-refractivity contribution is 5.91. The number of hydrogen-bond donors (Lipinski definition) is 2. The molecule has 2 heterocycles. The number of benzene rings is 1. The molecular formula is C20H28N4O4. The van der Waals surface area contributed by atoms with Gasteiger partial charge in [-0.2, -0.15) is 0 Å². The fourth-order valence-corrected chi connectivity index (χ4v) is 3.21. The van der Waals surface area contributed by atoms with E-state index in [1.807, 2.05) is 19.1 Å². The molecule has 1 saturated heterocycles. The average molecular weight is 388 g/mol. The van der Waals surface area contributed by atoms with E-state index in [-0.39, 0.29) is 11.7 Å². The number of piperazine rings is 1. The van der Waals surface area contributed by atoms with Gasteiger partial charge in [0.05, 0.1) is 13.7 Å². The molecule has 3 rings (SSSR count). The van der Waals surface area contributed by atoms with Gasteiger partial charge < -0.3 is 19.6 Å². The molecular weight excluding hydrogens is 360 g/mol. The van der Waals surface area contributed by atoms with Gasteiger partial charge in [-0.25, -0.2) is 4.98 Å². The molecule has 1 amide bonds. The van der Waals surface area contributed by atoms with Gasteiger partial charge in [0, 0.05) is 44.8 Å². The van der Waals surface area contributed by atoms with Crippen LogP contribution in [0, 0.1) is 0 Å². The lowest BCUT2D eigenvalue weighted by Crippen LogP contribution is -2.45. The van der Waals surface area contributed by atoms with Crippen molar-refractivity contribution in [2.45, 2.75) is 26.4 Å². The van der Waals surface area contributed by atoms with Gasteiger partial charge in [-0.05, 0) is 12.5 Å². The number of hydrogen-bond acceptors (Lipinski definition) is 7. The van der Waals surface area contributed by atoms with Crippen LogP contribution in [0.1, 0.15) is 35.3 Å². The quantitative estimate of drug-likeness (QED) is 0.713. The third-order valence-corrected chi connectivity index (χ3v) is 4.84. The minimum absolute atomic E-state index is 0.195. The molecule has 0 aliphatic carbocycles. The fraction of sp³-hybridized carbons (Fsp3) is 0.500.